The highest BCUT2D eigenvalue weighted by atomic mass is 16.6. The van der Waals surface area contributed by atoms with Gasteiger partial charge in [-0.1, -0.05) is 24.3 Å². The van der Waals surface area contributed by atoms with Gasteiger partial charge < -0.3 is 9.84 Å². The lowest BCUT2D eigenvalue weighted by Gasteiger charge is -2.40. The van der Waals surface area contributed by atoms with E-state index in [1.54, 1.807) is 6.92 Å². The Hall–Kier alpha value is -1.09. The van der Waals surface area contributed by atoms with E-state index in [9.17, 15) is 9.90 Å². The SMILES string of the molecule is C=C(C)[C@@H]1CC2(O)[C@H](C)C(=O)O[C@@]23CC=CC[C@H]13. The Morgan fingerprint density at radius 2 is 2.28 bits per heavy atom. The number of ether oxygens (including phenoxy) is 1. The highest BCUT2D eigenvalue weighted by Gasteiger charge is 2.73. The van der Waals surface area contributed by atoms with Gasteiger partial charge in [0.2, 0.25) is 0 Å². The fourth-order valence-electron chi connectivity index (χ4n) is 4.21. The van der Waals surface area contributed by atoms with Crippen molar-refractivity contribution in [2.24, 2.45) is 17.8 Å². The fraction of sp³-hybridized carbons (Fsp3) is 0.667. The standard InChI is InChI=1S/C15H20O3/c1-9(2)11-8-14(17)10(3)13(16)18-15(14)7-5-4-6-12(11)15/h4-5,10-12,17H,1,6-8H2,2-3H3/t10-,11+,12-,14?,15-/m1/s1. The van der Waals surface area contributed by atoms with E-state index in [4.69, 9.17) is 4.74 Å². The van der Waals surface area contributed by atoms with Crippen LogP contribution in [0.1, 0.15) is 33.1 Å². The fourth-order valence-corrected chi connectivity index (χ4v) is 4.21. The van der Waals surface area contributed by atoms with Crippen LogP contribution in [0.5, 0.6) is 0 Å². The van der Waals surface area contributed by atoms with Crippen molar-refractivity contribution in [1.82, 2.24) is 0 Å². The Morgan fingerprint density at radius 1 is 1.56 bits per heavy atom. The highest BCUT2D eigenvalue weighted by Crippen LogP contribution is 2.62. The Kier molecular flexibility index (Phi) is 2.31. The minimum Gasteiger partial charge on any atom is -0.455 e. The lowest BCUT2D eigenvalue weighted by Crippen LogP contribution is -2.53. The third-order valence-electron chi connectivity index (χ3n) is 5.31. The van der Waals surface area contributed by atoms with Gasteiger partial charge in [-0.3, -0.25) is 4.79 Å². The molecule has 0 aromatic carbocycles. The molecule has 3 heteroatoms. The summed E-state index contributed by atoms with van der Waals surface area (Å²) in [6.45, 7) is 7.84. The first-order chi connectivity index (χ1) is 8.42. The summed E-state index contributed by atoms with van der Waals surface area (Å²) in [7, 11) is 0. The van der Waals surface area contributed by atoms with Crippen molar-refractivity contribution in [2.75, 3.05) is 0 Å². The molecule has 1 saturated heterocycles. The molecule has 2 aliphatic carbocycles. The number of esters is 1. The van der Waals surface area contributed by atoms with Gasteiger partial charge in [-0.15, -0.1) is 0 Å². The molecular weight excluding hydrogens is 228 g/mol. The first kappa shape index (κ1) is 12.0. The number of carbonyl (C=O) groups excluding carboxylic acids is 1. The van der Waals surface area contributed by atoms with E-state index in [0.29, 0.717) is 12.8 Å². The summed E-state index contributed by atoms with van der Waals surface area (Å²) < 4.78 is 5.69. The van der Waals surface area contributed by atoms with Gasteiger partial charge in [0.15, 0.2) is 0 Å². The molecule has 1 aliphatic heterocycles. The van der Waals surface area contributed by atoms with Crippen LogP contribution in [0.15, 0.2) is 24.3 Å². The molecule has 0 aromatic rings. The number of carbonyl (C=O) groups is 1. The molecule has 0 radical (unpaired) electrons. The van der Waals surface area contributed by atoms with Crippen molar-refractivity contribution in [3.8, 4) is 0 Å². The van der Waals surface area contributed by atoms with Gasteiger partial charge in [0.1, 0.15) is 11.2 Å². The molecule has 2 fully saturated rings. The van der Waals surface area contributed by atoms with Gasteiger partial charge in [-0.05, 0) is 32.6 Å². The van der Waals surface area contributed by atoms with Crippen molar-refractivity contribution in [3.05, 3.63) is 24.3 Å². The predicted molar refractivity (Wildman–Crippen MR) is 67.7 cm³/mol. The molecule has 3 rings (SSSR count). The van der Waals surface area contributed by atoms with E-state index in [1.807, 2.05) is 13.0 Å². The maximum Gasteiger partial charge on any atom is 0.312 e. The van der Waals surface area contributed by atoms with E-state index in [2.05, 4.69) is 12.7 Å². The number of allylic oxidation sites excluding steroid dienone is 2. The molecule has 18 heavy (non-hydrogen) atoms. The molecule has 0 aromatic heterocycles. The normalized spacial score (nSPS) is 49.7. The van der Waals surface area contributed by atoms with Gasteiger partial charge in [-0.25, -0.2) is 0 Å². The van der Waals surface area contributed by atoms with Crippen molar-refractivity contribution in [1.29, 1.82) is 0 Å². The Labute approximate surface area is 108 Å². The summed E-state index contributed by atoms with van der Waals surface area (Å²) in [6.07, 6.45) is 6.26. The van der Waals surface area contributed by atoms with Crippen LogP contribution in [-0.2, 0) is 9.53 Å². The molecule has 5 atom stereocenters. The maximum atomic E-state index is 11.9. The second-order valence-electron chi connectivity index (χ2n) is 6.13. The van der Waals surface area contributed by atoms with Crippen LogP contribution < -0.4 is 0 Å². The van der Waals surface area contributed by atoms with Gasteiger partial charge in [0.25, 0.3) is 0 Å². The van der Waals surface area contributed by atoms with E-state index < -0.39 is 17.1 Å². The second-order valence-corrected chi connectivity index (χ2v) is 6.13. The zero-order valence-corrected chi connectivity index (χ0v) is 11.0. The van der Waals surface area contributed by atoms with Crippen LogP contribution in [0.2, 0.25) is 0 Å². The molecule has 1 heterocycles. The average molecular weight is 248 g/mol. The smallest absolute Gasteiger partial charge is 0.312 e. The topological polar surface area (TPSA) is 46.5 Å². The summed E-state index contributed by atoms with van der Waals surface area (Å²) in [6, 6.07) is 0. The number of hydrogen-bond acceptors (Lipinski definition) is 3. The van der Waals surface area contributed by atoms with Crippen LogP contribution in [-0.4, -0.2) is 22.3 Å². The minimum absolute atomic E-state index is 0.180. The van der Waals surface area contributed by atoms with Crippen LogP contribution in [0.3, 0.4) is 0 Å². The first-order valence-electron chi connectivity index (χ1n) is 6.68. The zero-order valence-electron chi connectivity index (χ0n) is 11.0. The molecule has 0 bridgehead atoms. The Bertz CT molecular complexity index is 453. The monoisotopic (exact) mass is 248 g/mol. The molecule has 0 amide bonds. The van der Waals surface area contributed by atoms with Gasteiger partial charge in [0, 0.05) is 12.3 Å². The molecule has 3 aliphatic rings. The molecule has 3 nitrogen and oxygen atoms in total. The van der Waals surface area contributed by atoms with Crippen LogP contribution >= 0.6 is 0 Å². The summed E-state index contributed by atoms with van der Waals surface area (Å²) >= 11 is 0. The molecule has 1 unspecified atom stereocenters. The largest absolute Gasteiger partial charge is 0.455 e. The first-order valence-corrected chi connectivity index (χ1v) is 6.68. The lowest BCUT2D eigenvalue weighted by atomic mass is 9.70. The van der Waals surface area contributed by atoms with Crippen molar-refractivity contribution >= 4 is 5.97 Å². The molecular formula is C15H20O3. The molecule has 1 N–H and O–H groups in total. The minimum atomic E-state index is -1.02. The summed E-state index contributed by atoms with van der Waals surface area (Å²) in [5.74, 6) is -0.261. The third kappa shape index (κ3) is 1.16. The van der Waals surface area contributed by atoms with Crippen LogP contribution in [0, 0.1) is 17.8 Å². The van der Waals surface area contributed by atoms with Crippen molar-refractivity contribution in [3.63, 3.8) is 0 Å². The third-order valence-corrected chi connectivity index (χ3v) is 5.31. The second kappa shape index (κ2) is 3.47. The van der Waals surface area contributed by atoms with Crippen molar-refractivity contribution in [2.45, 2.75) is 44.3 Å². The van der Waals surface area contributed by atoms with Gasteiger partial charge >= 0.3 is 5.97 Å². The lowest BCUT2D eigenvalue weighted by molar-refractivity contribution is -0.161. The quantitative estimate of drug-likeness (QED) is 0.571. The van der Waals surface area contributed by atoms with E-state index in [1.165, 1.54) is 0 Å². The Balaban J connectivity index is 2.11. The molecule has 98 valence electrons. The van der Waals surface area contributed by atoms with Crippen LogP contribution in [0.4, 0.5) is 0 Å². The zero-order chi connectivity index (χ0) is 13.1. The van der Waals surface area contributed by atoms with Gasteiger partial charge in [-0.2, -0.15) is 0 Å². The predicted octanol–water partition coefficient (Wildman–Crippen LogP) is 2.21. The molecule has 1 saturated carbocycles. The van der Waals surface area contributed by atoms with Gasteiger partial charge in [0.05, 0.1) is 5.92 Å². The highest BCUT2D eigenvalue weighted by molar-refractivity contribution is 5.78. The average Bonchev–Trinajstić information content (AvgIpc) is 2.68. The van der Waals surface area contributed by atoms with E-state index >= 15 is 0 Å². The van der Waals surface area contributed by atoms with Crippen LogP contribution in [0.25, 0.3) is 0 Å². The number of aliphatic hydroxyl groups is 1. The summed E-state index contributed by atoms with van der Waals surface area (Å²) in [5.41, 5.74) is -0.647. The number of rotatable bonds is 1. The molecule has 1 spiro atoms. The summed E-state index contributed by atoms with van der Waals surface area (Å²) in [5, 5.41) is 11.1. The van der Waals surface area contributed by atoms with Crippen molar-refractivity contribution < 1.29 is 14.6 Å². The number of hydrogen-bond donors (Lipinski definition) is 1. The summed E-state index contributed by atoms with van der Waals surface area (Å²) in [4.78, 5) is 11.9. The van der Waals surface area contributed by atoms with E-state index in [-0.39, 0.29) is 17.8 Å². The maximum absolute atomic E-state index is 11.9. The Morgan fingerprint density at radius 3 is 2.94 bits per heavy atom. The van der Waals surface area contributed by atoms with E-state index in [0.717, 1.165) is 12.0 Å².